The zero-order valence-corrected chi connectivity index (χ0v) is 10.7. The maximum absolute atomic E-state index is 10.9. The van der Waals surface area contributed by atoms with Crippen molar-refractivity contribution in [3.63, 3.8) is 0 Å². The van der Waals surface area contributed by atoms with Crippen LogP contribution in [0.5, 0.6) is 0 Å². The molecule has 16 heavy (non-hydrogen) atoms. The lowest BCUT2D eigenvalue weighted by atomic mass is 9.85. The molecule has 1 N–H and O–H groups in total. The van der Waals surface area contributed by atoms with Crippen LogP contribution in [0.4, 0.5) is 0 Å². The molecule has 1 fully saturated rings. The van der Waals surface area contributed by atoms with Crippen molar-refractivity contribution in [3.8, 4) is 0 Å². The van der Waals surface area contributed by atoms with E-state index < -0.39 is 11.4 Å². The van der Waals surface area contributed by atoms with E-state index in [1.165, 1.54) is 19.3 Å². The van der Waals surface area contributed by atoms with E-state index >= 15 is 0 Å². The minimum Gasteiger partial charge on any atom is -0.481 e. The Kier molecular flexibility index (Phi) is 4.78. The lowest BCUT2D eigenvalue weighted by Gasteiger charge is -2.30. The van der Waals surface area contributed by atoms with E-state index in [4.69, 9.17) is 9.84 Å². The van der Waals surface area contributed by atoms with Crippen LogP contribution >= 0.6 is 0 Å². The Bertz CT molecular complexity index is 235. The average molecular weight is 228 g/mol. The molecule has 94 valence electrons. The molecule has 0 bridgehead atoms. The van der Waals surface area contributed by atoms with Gasteiger partial charge in [-0.1, -0.05) is 26.2 Å². The van der Waals surface area contributed by atoms with Crippen LogP contribution in [0.15, 0.2) is 0 Å². The molecule has 3 nitrogen and oxygen atoms in total. The molecule has 0 aromatic heterocycles. The van der Waals surface area contributed by atoms with Crippen LogP contribution in [-0.2, 0) is 9.53 Å². The highest BCUT2D eigenvalue weighted by molar-refractivity contribution is 5.73. The third kappa shape index (κ3) is 3.78. The molecule has 2 unspecified atom stereocenters. The third-order valence-electron chi connectivity index (χ3n) is 3.57. The molecule has 1 aliphatic rings. The minimum absolute atomic E-state index is 0.275. The van der Waals surface area contributed by atoms with Crippen molar-refractivity contribution in [2.45, 2.75) is 59.0 Å². The average Bonchev–Trinajstić information content (AvgIpc) is 2.26. The summed E-state index contributed by atoms with van der Waals surface area (Å²) in [6.45, 7) is 5.97. The first-order valence-corrected chi connectivity index (χ1v) is 6.30. The topological polar surface area (TPSA) is 46.5 Å². The normalized spacial score (nSPS) is 26.7. The summed E-state index contributed by atoms with van der Waals surface area (Å²) >= 11 is 0. The Morgan fingerprint density at radius 2 is 2.12 bits per heavy atom. The number of carboxylic acid groups (broad SMARTS) is 1. The fraction of sp³-hybridized carbons (Fsp3) is 0.923. The van der Waals surface area contributed by atoms with Gasteiger partial charge >= 0.3 is 5.97 Å². The quantitative estimate of drug-likeness (QED) is 0.786. The van der Waals surface area contributed by atoms with Gasteiger partial charge in [0.25, 0.3) is 0 Å². The molecule has 0 saturated heterocycles. The van der Waals surface area contributed by atoms with Crippen molar-refractivity contribution in [2.24, 2.45) is 11.3 Å². The van der Waals surface area contributed by atoms with Crippen molar-refractivity contribution in [3.05, 3.63) is 0 Å². The Morgan fingerprint density at radius 3 is 2.69 bits per heavy atom. The summed E-state index contributed by atoms with van der Waals surface area (Å²) in [5.41, 5.74) is -0.765. The zero-order valence-electron chi connectivity index (χ0n) is 10.7. The first-order valence-electron chi connectivity index (χ1n) is 6.30. The van der Waals surface area contributed by atoms with Crippen molar-refractivity contribution in [1.29, 1.82) is 0 Å². The molecule has 0 aromatic carbocycles. The van der Waals surface area contributed by atoms with E-state index in [2.05, 4.69) is 6.92 Å². The predicted octanol–water partition coefficient (Wildman–Crippen LogP) is 3.08. The van der Waals surface area contributed by atoms with Gasteiger partial charge in [0, 0.05) is 0 Å². The molecule has 0 heterocycles. The summed E-state index contributed by atoms with van der Waals surface area (Å²) in [4.78, 5) is 10.9. The largest absolute Gasteiger partial charge is 0.481 e. The van der Waals surface area contributed by atoms with Crippen LogP contribution in [0.3, 0.4) is 0 Å². The van der Waals surface area contributed by atoms with E-state index in [1.807, 2.05) is 0 Å². The number of ether oxygens (including phenoxy) is 1. The molecule has 0 radical (unpaired) electrons. The molecule has 1 rings (SSSR count). The van der Waals surface area contributed by atoms with Gasteiger partial charge in [0.2, 0.25) is 0 Å². The van der Waals surface area contributed by atoms with E-state index in [0.29, 0.717) is 6.61 Å². The van der Waals surface area contributed by atoms with E-state index in [-0.39, 0.29) is 6.10 Å². The fourth-order valence-electron chi connectivity index (χ4n) is 2.15. The maximum Gasteiger partial charge on any atom is 0.311 e. The number of aliphatic carboxylic acids is 1. The van der Waals surface area contributed by atoms with Crippen LogP contribution in [0.2, 0.25) is 0 Å². The van der Waals surface area contributed by atoms with Gasteiger partial charge in [0.15, 0.2) is 0 Å². The summed E-state index contributed by atoms with van der Waals surface area (Å²) in [6, 6.07) is 0. The molecule has 0 spiro atoms. The number of carbonyl (C=O) groups is 1. The first kappa shape index (κ1) is 13.5. The summed E-state index contributed by atoms with van der Waals surface area (Å²) in [5.74, 6) is -0.0120. The van der Waals surface area contributed by atoms with Crippen LogP contribution in [0.25, 0.3) is 0 Å². The second kappa shape index (κ2) is 5.67. The fourth-order valence-corrected chi connectivity index (χ4v) is 2.15. The highest BCUT2D eigenvalue weighted by Gasteiger charge is 2.30. The van der Waals surface area contributed by atoms with Crippen LogP contribution in [0, 0.1) is 11.3 Å². The number of carboxylic acids is 1. The summed E-state index contributed by atoms with van der Waals surface area (Å²) < 4.78 is 5.76. The number of hydrogen-bond acceptors (Lipinski definition) is 2. The van der Waals surface area contributed by atoms with Crippen LogP contribution in [-0.4, -0.2) is 23.8 Å². The van der Waals surface area contributed by atoms with Gasteiger partial charge in [-0.05, 0) is 32.6 Å². The lowest BCUT2D eigenvalue weighted by Crippen LogP contribution is -2.33. The van der Waals surface area contributed by atoms with E-state index in [9.17, 15) is 4.79 Å². The SMILES string of the molecule is CCC1CCCC(OCC(C)(C)C(=O)O)C1. The van der Waals surface area contributed by atoms with Gasteiger partial charge in [-0.2, -0.15) is 0 Å². The highest BCUT2D eigenvalue weighted by Crippen LogP contribution is 2.29. The first-order chi connectivity index (χ1) is 7.45. The predicted molar refractivity (Wildman–Crippen MR) is 63.4 cm³/mol. The lowest BCUT2D eigenvalue weighted by molar-refractivity contribution is -0.152. The van der Waals surface area contributed by atoms with Crippen molar-refractivity contribution < 1.29 is 14.6 Å². The smallest absolute Gasteiger partial charge is 0.311 e. The maximum atomic E-state index is 10.9. The third-order valence-corrected chi connectivity index (χ3v) is 3.57. The Labute approximate surface area is 98.2 Å². The molecular weight excluding hydrogens is 204 g/mol. The summed E-state index contributed by atoms with van der Waals surface area (Å²) in [6.07, 6.45) is 6.20. The van der Waals surface area contributed by atoms with E-state index in [0.717, 1.165) is 18.8 Å². The van der Waals surface area contributed by atoms with E-state index in [1.54, 1.807) is 13.8 Å². The zero-order chi connectivity index (χ0) is 12.2. The standard InChI is InChI=1S/C13H24O3/c1-4-10-6-5-7-11(8-10)16-9-13(2,3)12(14)15/h10-11H,4-9H2,1-3H3,(H,14,15). The summed E-state index contributed by atoms with van der Waals surface area (Å²) in [7, 11) is 0. The van der Waals surface area contributed by atoms with Gasteiger partial charge < -0.3 is 9.84 Å². The van der Waals surface area contributed by atoms with Gasteiger partial charge in [0.05, 0.1) is 18.1 Å². The van der Waals surface area contributed by atoms with Gasteiger partial charge in [-0.15, -0.1) is 0 Å². The molecule has 3 heteroatoms. The Hall–Kier alpha value is -0.570. The van der Waals surface area contributed by atoms with Crippen LogP contribution in [0.1, 0.15) is 52.9 Å². The number of hydrogen-bond donors (Lipinski definition) is 1. The van der Waals surface area contributed by atoms with Gasteiger partial charge in [0.1, 0.15) is 0 Å². The monoisotopic (exact) mass is 228 g/mol. The molecular formula is C13H24O3. The van der Waals surface area contributed by atoms with Crippen LogP contribution < -0.4 is 0 Å². The van der Waals surface area contributed by atoms with Crippen molar-refractivity contribution in [2.75, 3.05) is 6.61 Å². The van der Waals surface area contributed by atoms with Gasteiger partial charge in [-0.25, -0.2) is 0 Å². The Balaban J connectivity index is 2.35. The summed E-state index contributed by atoms with van der Waals surface area (Å²) in [5, 5.41) is 8.99. The second-order valence-electron chi connectivity index (χ2n) is 5.56. The molecule has 2 atom stereocenters. The highest BCUT2D eigenvalue weighted by atomic mass is 16.5. The number of rotatable bonds is 5. The molecule has 0 aromatic rings. The van der Waals surface area contributed by atoms with Crippen molar-refractivity contribution in [1.82, 2.24) is 0 Å². The molecule has 0 amide bonds. The Morgan fingerprint density at radius 1 is 1.44 bits per heavy atom. The van der Waals surface area contributed by atoms with Crippen molar-refractivity contribution >= 4 is 5.97 Å². The second-order valence-corrected chi connectivity index (χ2v) is 5.56. The molecule has 0 aliphatic heterocycles. The molecule has 1 aliphatic carbocycles. The minimum atomic E-state index is -0.782. The molecule has 1 saturated carbocycles. The van der Waals surface area contributed by atoms with Gasteiger partial charge in [-0.3, -0.25) is 4.79 Å².